The second-order valence-corrected chi connectivity index (χ2v) is 10.9. The predicted molar refractivity (Wildman–Crippen MR) is 162 cm³/mol. The van der Waals surface area contributed by atoms with Gasteiger partial charge in [-0.25, -0.2) is 9.59 Å². The molecule has 0 aliphatic rings. The molecule has 0 saturated carbocycles. The van der Waals surface area contributed by atoms with Gasteiger partial charge in [0, 0.05) is 69.1 Å². The molecule has 0 atom stereocenters. The standard InChI is InChI=1S/C30H34N6O5S/c1-8-31-28(37)40-23-16-24(41-29(38)32-9-2)21(15-20(23)17(3)4)26-25(27(34-33-26)42-30(39)35(5)6)19-11-10-12-22-18(19)13-14-36(22)7/h12-17H,8-9H2,1-7H3,(H,31,37)(H,32,38)(H,33,34). The number of thioether (sulfide) groups is 1. The molecule has 0 radical (unpaired) electrons. The van der Waals surface area contributed by atoms with Gasteiger partial charge in [-0.05, 0) is 49.2 Å². The van der Waals surface area contributed by atoms with Crippen LogP contribution in [0.1, 0.15) is 39.2 Å². The maximum Gasteiger partial charge on any atom is 0.412 e. The summed E-state index contributed by atoms with van der Waals surface area (Å²) in [5, 5.41) is 13.9. The van der Waals surface area contributed by atoms with Crippen molar-refractivity contribution in [2.24, 2.45) is 7.05 Å². The Kier molecular flexibility index (Phi) is 9.32. The van der Waals surface area contributed by atoms with Gasteiger partial charge in [-0.3, -0.25) is 9.89 Å². The zero-order chi connectivity index (χ0) is 30.6. The number of rotatable bonds is 8. The predicted octanol–water partition coefficient (Wildman–Crippen LogP) is 5.95. The number of aromatic amines is 1. The number of hydrogen-bond acceptors (Lipinski definition) is 7. The van der Waals surface area contributed by atoms with E-state index in [1.165, 1.54) is 11.0 Å². The Hall–Kier alpha value is -4.63. The SMILES string of the molecule is CCNC(=O)Oc1cc(OC(=O)NCC)c(C(C)C)cc1-c1[nH]nc(SC(=O)N(C)C)c1-c1c#ccc2c1ccn2C. The third-order valence-electron chi connectivity index (χ3n) is 6.38. The van der Waals surface area contributed by atoms with E-state index in [9.17, 15) is 14.4 Å². The van der Waals surface area contributed by atoms with Gasteiger partial charge in [0.25, 0.3) is 5.24 Å². The molecule has 220 valence electrons. The molecule has 0 spiro atoms. The summed E-state index contributed by atoms with van der Waals surface area (Å²) < 4.78 is 13.3. The van der Waals surface area contributed by atoms with E-state index in [-0.39, 0.29) is 22.7 Å². The van der Waals surface area contributed by atoms with Gasteiger partial charge < -0.3 is 29.6 Å². The van der Waals surface area contributed by atoms with Gasteiger partial charge >= 0.3 is 12.2 Å². The van der Waals surface area contributed by atoms with Crippen molar-refractivity contribution in [2.75, 3.05) is 27.2 Å². The number of fused-ring (bicyclic) bond motifs is 1. The largest absolute Gasteiger partial charge is 0.412 e. The smallest absolute Gasteiger partial charge is 0.410 e. The Labute approximate surface area is 248 Å². The van der Waals surface area contributed by atoms with E-state index in [0.717, 1.165) is 22.7 Å². The summed E-state index contributed by atoms with van der Waals surface area (Å²) >= 11 is 0.966. The van der Waals surface area contributed by atoms with Gasteiger partial charge in [-0.2, -0.15) is 5.10 Å². The van der Waals surface area contributed by atoms with E-state index in [4.69, 9.17) is 9.47 Å². The third-order valence-corrected chi connectivity index (χ3v) is 7.41. The van der Waals surface area contributed by atoms with Crippen molar-refractivity contribution in [1.82, 2.24) is 30.3 Å². The summed E-state index contributed by atoms with van der Waals surface area (Å²) in [6.07, 6.45) is 0.630. The monoisotopic (exact) mass is 590 g/mol. The summed E-state index contributed by atoms with van der Waals surface area (Å²) in [5.74, 6) is 0.316. The van der Waals surface area contributed by atoms with Gasteiger partial charge in [0.1, 0.15) is 16.5 Å². The van der Waals surface area contributed by atoms with Crippen molar-refractivity contribution in [1.29, 1.82) is 0 Å². The highest BCUT2D eigenvalue weighted by Gasteiger charge is 2.27. The van der Waals surface area contributed by atoms with Crippen molar-refractivity contribution < 1.29 is 23.9 Å². The fraction of sp³-hybridized carbons (Fsp3) is 0.333. The molecule has 12 heteroatoms. The number of benzene rings is 1. The molecular formula is C30H34N6O5S. The van der Waals surface area contributed by atoms with Crippen molar-refractivity contribution in [3.05, 3.63) is 48.2 Å². The molecule has 0 aliphatic carbocycles. The number of hydrogen-bond donors (Lipinski definition) is 3. The third kappa shape index (κ3) is 6.31. The summed E-state index contributed by atoms with van der Waals surface area (Å²) in [6, 6.07) is 13.4. The molecule has 2 aromatic carbocycles. The minimum atomic E-state index is -0.677. The second-order valence-electron chi connectivity index (χ2n) is 9.94. The first-order valence-electron chi connectivity index (χ1n) is 13.5. The number of ether oxygens (including phenoxy) is 2. The van der Waals surface area contributed by atoms with Crippen LogP contribution in [0, 0.1) is 12.1 Å². The average molecular weight is 591 g/mol. The lowest BCUT2D eigenvalue weighted by Gasteiger charge is -2.18. The van der Waals surface area contributed by atoms with Crippen LogP contribution >= 0.6 is 11.8 Å². The Morgan fingerprint density at radius 3 is 2.38 bits per heavy atom. The van der Waals surface area contributed by atoms with Crippen molar-refractivity contribution in [3.8, 4) is 33.9 Å². The number of carbonyl (C=O) groups excluding carboxylic acids is 3. The Morgan fingerprint density at radius 2 is 1.76 bits per heavy atom. The molecule has 4 rings (SSSR count). The van der Waals surface area contributed by atoms with E-state index in [2.05, 4.69) is 33.0 Å². The van der Waals surface area contributed by atoms with Gasteiger partial charge in [0.2, 0.25) is 0 Å². The number of amides is 3. The Morgan fingerprint density at radius 1 is 1.10 bits per heavy atom. The molecule has 42 heavy (non-hydrogen) atoms. The average Bonchev–Trinajstić information content (AvgIpc) is 3.52. The van der Waals surface area contributed by atoms with E-state index in [1.807, 2.05) is 49.9 Å². The number of nitrogens with one attached hydrogen (secondary N) is 3. The van der Waals surface area contributed by atoms with Crippen LogP contribution in [0.2, 0.25) is 0 Å². The van der Waals surface area contributed by atoms with E-state index >= 15 is 0 Å². The van der Waals surface area contributed by atoms with Gasteiger partial charge in [0.15, 0.2) is 0 Å². The van der Waals surface area contributed by atoms with E-state index < -0.39 is 12.2 Å². The van der Waals surface area contributed by atoms with Gasteiger partial charge in [0.05, 0.1) is 16.8 Å². The first-order chi connectivity index (χ1) is 20.0. The molecule has 4 aromatic rings. The fourth-order valence-corrected chi connectivity index (χ4v) is 5.08. The summed E-state index contributed by atoms with van der Waals surface area (Å²) in [6.45, 7) is 8.23. The van der Waals surface area contributed by atoms with Crippen LogP contribution in [0.3, 0.4) is 0 Å². The first-order valence-corrected chi connectivity index (χ1v) is 14.3. The number of nitrogens with zero attached hydrogens (tertiary/aromatic N) is 3. The lowest BCUT2D eigenvalue weighted by atomic mass is 9.94. The molecule has 0 aliphatic heterocycles. The zero-order valence-corrected chi connectivity index (χ0v) is 25.5. The summed E-state index contributed by atoms with van der Waals surface area (Å²) in [4.78, 5) is 39.3. The molecule has 0 fully saturated rings. The van der Waals surface area contributed by atoms with Crippen molar-refractivity contribution in [3.63, 3.8) is 0 Å². The number of aryl methyl sites for hydroxylation is 1. The van der Waals surface area contributed by atoms with Crippen molar-refractivity contribution in [2.45, 2.75) is 38.6 Å². The molecular weight excluding hydrogens is 556 g/mol. The van der Waals surface area contributed by atoms with Gasteiger partial charge in [-0.1, -0.05) is 26.0 Å². The second kappa shape index (κ2) is 12.9. The fourth-order valence-electron chi connectivity index (χ4n) is 4.33. The first kappa shape index (κ1) is 30.3. The zero-order valence-electron chi connectivity index (χ0n) is 24.7. The molecule has 11 nitrogen and oxygen atoms in total. The normalized spacial score (nSPS) is 10.9. The number of H-pyrrole nitrogens is 1. The van der Waals surface area contributed by atoms with Crippen LogP contribution in [-0.4, -0.2) is 64.3 Å². The number of carbonyl (C=O) groups is 3. The minimum absolute atomic E-state index is 0.0697. The quantitative estimate of drug-likeness (QED) is 0.216. The lowest BCUT2D eigenvalue weighted by Crippen LogP contribution is -2.27. The Bertz CT molecular complexity index is 1620. The molecule has 0 saturated heterocycles. The highest BCUT2D eigenvalue weighted by molar-refractivity contribution is 8.13. The summed E-state index contributed by atoms with van der Waals surface area (Å²) in [7, 11) is 5.27. The molecule has 2 aromatic heterocycles. The topological polar surface area (TPSA) is 131 Å². The van der Waals surface area contributed by atoms with Crippen LogP contribution in [0.4, 0.5) is 14.4 Å². The highest BCUT2D eigenvalue weighted by Crippen LogP contribution is 2.46. The van der Waals surface area contributed by atoms with Crippen LogP contribution in [-0.2, 0) is 7.05 Å². The summed E-state index contributed by atoms with van der Waals surface area (Å²) in [5.41, 5.74) is 3.86. The maximum atomic E-state index is 12.8. The molecule has 3 amide bonds. The Balaban J connectivity index is 2.01. The van der Waals surface area contributed by atoms with Crippen LogP contribution in [0.5, 0.6) is 11.5 Å². The van der Waals surface area contributed by atoms with Crippen LogP contribution in [0.25, 0.3) is 33.3 Å². The molecule has 3 N–H and O–H groups in total. The van der Waals surface area contributed by atoms with E-state index in [0.29, 0.717) is 46.1 Å². The molecule has 2 heterocycles. The lowest BCUT2D eigenvalue weighted by molar-refractivity contribution is 0.199. The maximum absolute atomic E-state index is 12.8. The van der Waals surface area contributed by atoms with Crippen LogP contribution < -0.4 is 20.1 Å². The number of aromatic nitrogens is 3. The van der Waals surface area contributed by atoms with Crippen LogP contribution in [0.15, 0.2) is 35.5 Å². The van der Waals surface area contributed by atoms with E-state index in [1.54, 1.807) is 27.9 Å². The van der Waals surface area contributed by atoms with Crippen molar-refractivity contribution >= 4 is 40.1 Å². The van der Waals surface area contributed by atoms with Gasteiger partial charge in [-0.15, -0.1) is 0 Å². The minimum Gasteiger partial charge on any atom is -0.410 e. The highest BCUT2D eigenvalue weighted by atomic mass is 32.2. The molecule has 0 unspecified atom stereocenters. The molecule has 0 bridgehead atoms.